The van der Waals surface area contributed by atoms with E-state index in [1.807, 2.05) is 24.3 Å². The summed E-state index contributed by atoms with van der Waals surface area (Å²) in [5, 5.41) is 12.3. The molecule has 1 heterocycles. The average molecular weight is 556 g/mol. The van der Waals surface area contributed by atoms with Gasteiger partial charge < -0.3 is 19.8 Å². The molecule has 41 heavy (non-hydrogen) atoms. The van der Waals surface area contributed by atoms with Crippen molar-refractivity contribution in [2.24, 2.45) is 0 Å². The average Bonchev–Trinajstić information content (AvgIpc) is 3.32. The topological polar surface area (TPSA) is 84.8 Å². The number of carboxylic acids is 1. The summed E-state index contributed by atoms with van der Waals surface area (Å²) in [6, 6.07) is 25.2. The monoisotopic (exact) mass is 555 g/mol. The second kappa shape index (κ2) is 13.3. The fraction of sp³-hybridized carbons (Fsp3) is 0.333. The molecule has 3 aromatic carbocycles. The van der Waals surface area contributed by atoms with Crippen LogP contribution in [0.4, 0.5) is 28.4 Å². The Morgan fingerprint density at radius 1 is 0.683 bits per heavy atom. The summed E-state index contributed by atoms with van der Waals surface area (Å²) in [6.07, 6.45) is 0.237. The van der Waals surface area contributed by atoms with Gasteiger partial charge >= 0.3 is 5.97 Å². The van der Waals surface area contributed by atoms with Crippen molar-refractivity contribution in [2.75, 3.05) is 40.9 Å². The molecule has 4 aromatic rings. The Hall–Kier alpha value is -4.46. The van der Waals surface area contributed by atoms with Crippen molar-refractivity contribution in [3.05, 3.63) is 100.0 Å². The van der Waals surface area contributed by atoms with Gasteiger partial charge in [0.05, 0.1) is 5.56 Å². The molecule has 0 spiro atoms. The standard InChI is InChI=1S/C33H41N5O3/c1-6-35(7-2)25-15-19-28(20-16-25)38(29-21-17-26(18-22-29)36(8-3)9-4)27-13-11-24(12-14-27)23-30-31(33(40)41)34-37(10-5)32(30)39/h11-22,34H,6-10,23H2,1-5H3,(H,40,41). The van der Waals surface area contributed by atoms with Crippen molar-refractivity contribution >= 4 is 34.4 Å². The maximum atomic E-state index is 12.8. The fourth-order valence-corrected chi connectivity index (χ4v) is 5.30. The molecule has 4 rings (SSSR count). The van der Waals surface area contributed by atoms with Crippen LogP contribution in [0.15, 0.2) is 77.6 Å². The number of hydrogen-bond donors (Lipinski definition) is 2. The lowest BCUT2D eigenvalue weighted by Crippen LogP contribution is -2.22. The maximum Gasteiger partial charge on any atom is 0.354 e. The number of anilines is 5. The molecule has 0 aliphatic carbocycles. The van der Waals surface area contributed by atoms with Gasteiger partial charge in [-0.1, -0.05) is 12.1 Å². The SMILES string of the molecule is CCN(CC)c1ccc(N(c2ccc(Cc3c(C(=O)O)[nH]n(CC)c3=O)cc2)c2ccc(N(CC)CC)cc2)cc1. The van der Waals surface area contributed by atoms with Crippen molar-refractivity contribution in [3.63, 3.8) is 0 Å². The van der Waals surface area contributed by atoms with Gasteiger partial charge in [0.2, 0.25) is 0 Å². The van der Waals surface area contributed by atoms with E-state index in [1.54, 1.807) is 6.92 Å². The number of H-pyrrole nitrogens is 1. The van der Waals surface area contributed by atoms with Gasteiger partial charge in [-0.15, -0.1) is 0 Å². The molecule has 0 aliphatic rings. The number of carbonyl (C=O) groups is 1. The molecule has 0 saturated heterocycles. The Morgan fingerprint density at radius 3 is 1.44 bits per heavy atom. The molecule has 0 aliphatic heterocycles. The Balaban J connectivity index is 1.71. The van der Waals surface area contributed by atoms with Gasteiger partial charge in [0.15, 0.2) is 0 Å². The largest absolute Gasteiger partial charge is 0.477 e. The first kappa shape index (κ1) is 29.5. The number of aromatic amines is 1. The minimum Gasteiger partial charge on any atom is -0.477 e. The third-order valence-electron chi connectivity index (χ3n) is 7.63. The van der Waals surface area contributed by atoms with Crippen LogP contribution < -0.4 is 20.3 Å². The maximum absolute atomic E-state index is 12.8. The van der Waals surface area contributed by atoms with Crippen LogP contribution in [0.5, 0.6) is 0 Å². The number of aromatic nitrogens is 2. The highest BCUT2D eigenvalue weighted by Gasteiger charge is 2.20. The second-order valence-corrected chi connectivity index (χ2v) is 9.88. The fourth-order valence-electron chi connectivity index (χ4n) is 5.30. The smallest absolute Gasteiger partial charge is 0.354 e. The van der Waals surface area contributed by atoms with E-state index in [4.69, 9.17) is 0 Å². The van der Waals surface area contributed by atoms with Crippen LogP contribution in [-0.4, -0.2) is 47.0 Å². The number of benzene rings is 3. The lowest BCUT2D eigenvalue weighted by molar-refractivity contribution is 0.0688. The molecule has 0 bridgehead atoms. The molecule has 0 atom stereocenters. The van der Waals surface area contributed by atoms with Crippen LogP contribution >= 0.6 is 0 Å². The Labute approximate surface area is 242 Å². The number of hydrogen-bond acceptors (Lipinski definition) is 5. The number of aryl methyl sites for hydroxylation is 1. The van der Waals surface area contributed by atoms with Crippen LogP contribution in [-0.2, 0) is 13.0 Å². The summed E-state index contributed by atoms with van der Waals surface area (Å²) >= 11 is 0. The number of carboxylic acid groups (broad SMARTS) is 1. The molecule has 8 heteroatoms. The number of nitrogens with zero attached hydrogens (tertiary/aromatic N) is 4. The van der Waals surface area contributed by atoms with E-state index in [0.717, 1.165) is 48.8 Å². The summed E-state index contributed by atoms with van der Waals surface area (Å²) in [5.74, 6) is -1.13. The second-order valence-electron chi connectivity index (χ2n) is 9.88. The molecule has 216 valence electrons. The van der Waals surface area contributed by atoms with E-state index in [-0.39, 0.29) is 23.2 Å². The Kier molecular flexibility index (Phi) is 9.55. The molecule has 0 unspecified atom stereocenters. The van der Waals surface area contributed by atoms with E-state index in [2.05, 4.69) is 96.0 Å². The summed E-state index contributed by atoms with van der Waals surface area (Å²) in [7, 11) is 0. The van der Waals surface area contributed by atoms with Crippen LogP contribution in [0.1, 0.15) is 56.2 Å². The summed E-state index contributed by atoms with van der Waals surface area (Å²) < 4.78 is 1.33. The zero-order valence-corrected chi connectivity index (χ0v) is 24.7. The molecule has 0 saturated carbocycles. The van der Waals surface area contributed by atoms with Gasteiger partial charge in [0.1, 0.15) is 5.69 Å². The van der Waals surface area contributed by atoms with Crippen molar-refractivity contribution in [1.29, 1.82) is 0 Å². The molecular weight excluding hydrogens is 514 g/mol. The van der Waals surface area contributed by atoms with E-state index in [0.29, 0.717) is 6.54 Å². The van der Waals surface area contributed by atoms with Gasteiger partial charge in [0, 0.05) is 67.6 Å². The Morgan fingerprint density at radius 2 is 1.07 bits per heavy atom. The van der Waals surface area contributed by atoms with E-state index in [9.17, 15) is 14.7 Å². The van der Waals surface area contributed by atoms with Crippen molar-refractivity contribution < 1.29 is 9.90 Å². The Bertz CT molecular complexity index is 1420. The summed E-state index contributed by atoms with van der Waals surface area (Å²) in [4.78, 5) is 31.4. The van der Waals surface area contributed by atoms with Gasteiger partial charge in [0.25, 0.3) is 5.56 Å². The number of rotatable bonds is 13. The van der Waals surface area contributed by atoms with Crippen LogP contribution in [0, 0.1) is 0 Å². The quantitative estimate of drug-likeness (QED) is 0.192. The molecule has 0 radical (unpaired) electrons. The predicted octanol–water partition coefficient (Wildman–Crippen LogP) is 6.65. The van der Waals surface area contributed by atoms with E-state index in [1.165, 1.54) is 16.1 Å². The van der Waals surface area contributed by atoms with E-state index < -0.39 is 5.97 Å². The lowest BCUT2D eigenvalue weighted by atomic mass is 10.0. The normalized spacial score (nSPS) is 11.0. The lowest BCUT2D eigenvalue weighted by Gasteiger charge is -2.28. The molecular formula is C33H41N5O3. The zero-order chi connectivity index (χ0) is 29.5. The van der Waals surface area contributed by atoms with Crippen molar-refractivity contribution in [1.82, 2.24) is 9.78 Å². The molecule has 0 amide bonds. The van der Waals surface area contributed by atoms with Gasteiger partial charge in [-0.3, -0.25) is 14.6 Å². The third-order valence-corrected chi connectivity index (χ3v) is 7.63. The highest BCUT2D eigenvalue weighted by atomic mass is 16.4. The molecule has 2 N–H and O–H groups in total. The van der Waals surface area contributed by atoms with Crippen molar-refractivity contribution in [2.45, 2.75) is 47.6 Å². The van der Waals surface area contributed by atoms with Gasteiger partial charge in [-0.2, -0.15) is 0 Å². The summed E-state index contributed by atoms with van der Waals surface area (Å²) in [6.45, 7) is 14.6. The number of nitrogens with one attached hydrogen (secondary N) is 1. The number of aromatic carboxylic acids is 1. The highest BCUT2D eigenvalue weighted by molar-refractivity contribution is 5.87. The van der Waals surface area contributed by atoms with Crippen LogP contribution in [0.2, 0.25) is 0 Å². The minimum atomic E-state index is -1.13. The van der Waals surface area contributed by atoms with Gasteiger partial charge in [-0.05, 0) is 101 Å². The first-order valence-corrected chi connectivity index (χ1v) is 14.5. The zero-order valence-electron chi connectivity index (χ0n) is 24.7. The molecule has 0 fully saturated rings. The molecule has 8 nitrogen and oxygen atoms in total. The van der Waals surface area contributed by atoms with Crippen molar-refractivity contribution in [3.8, 4) is 0 Å². The first-order valence-electron chi connectivity index (χ1n) is 14.5. The first-order chi connectivity index (χ1) is 19.8. The third kappa shape index (κ3) is 6.32. The van der Waals surface area contributed by atoms with Crippen LogP contribution in [0.3, 0.4) is 0 Å². The van der Waals surface area contributed by atoms with Crippen LogP contribution in [0.25, 0.3) is 0 Å². The summed E-state index contributed by atoms with van der Waals surface area (Å²) in [5.41, 5.74) is 6.20. The van der Waals surface area contributed by atoms with Gasteiger partial charge in [-0.25, -0.2) is 4.79 Å². The molecule has 1 aromatic heterocycles. The van der Waals surface area contributed by atoms with E-state index >= 15 is 0 Å². The predicted molar refractivity (Wildman–Crippen MR) is 169 cm³/mol. The minimum absolute atomic E-state index is 0.0517. The highest BCUT2D eigenvalue weighted by Crippen LogP contribution is 2.36.